The summed E-state index contributed by atoms with van der Waals surface area (Å²) >= 11 is 3.27. The highest BCUT2D eigenvalue weighted by molar-refractivity contribution is 9.11. The van der Waals surface area contributed by atoms with Crippen LogP contribution in [0, 0.1) is 0 Å². The molecular weight excluding hydrogens is 196 g/mol. The molecule has 0 rings (SSSR count). The number of hydrogen-bond acceptors (Lipinski definition) is 2. The fourth-order valence-corrected chi connectivity index (χ4v) is 0.868. The Morgan fingerprint density at radius 3 is 2.70 bits per heavy atom. The standard InChI is InChI=1S/C6H11BrN2O/c1-5(10-2)3-6(7)4-9-8/h3-4,9H,8H2,1-2H3/p+1/b5-3+,6-4+. The van der Waals surface area contributed by atoms with E-state index < -0.39 is 0 Å². The Morgan fingerprint density at radius 2 is 2.30 bits per heavy atom. The van der Waals surface area contributed by atoms with E-state index >= 15 is 0 Å². The van der Waals surface area contributed by atoms with Gasteiger partial charge in [-0.1, -0.05) is 0 Å². The Hall–Kier alpha value is -0.320. The summed E-state index contributed by atoms with van der Waals surface area (Å²) in [5.74, 6) is 5.98. The lowest BCUT2D eigenvalue weighted by Gasteiger charge is -1.95. The Bertz CT molecular complexity index is 154. The predicted octanol–water partition coefficient (Wildman–Crippen LogP) is 0.210. The van der Waals surface area contributed by atoms with Crippen LogP contribution in [0.1, 0.15) is 6.92 Å². The van der Waals surface area contributed by atoms with E-state index in [1.54, 1.807) is 13.3 Å². The lowest BCUT2D eigenvalue weighted by Crippen LogP contribution is -2.85. The van der Waals surface area contributed by atoms with Crippen LogP contribution < -0.4 is 11.3 Å². The zero-order chi connectivity index (χ0) is 7.98. The number of quaternary nitrogens is 1. The minimum atomic E-state index is 0.838. The Balaban J connectivity index is 3.98. The molecule has 0 aliphatic heterocycles. The van der Waals surface area contributed by atoms with E-state index in [1.807, 2.05) is 13.0 Å². The third-order valence-corrected chi connectivity index (χ3v) is 1.41. The number of rotatable bonds is 3. The van der Waals surface area contributed by atoms with Crippen molar-refractivity contribution in [2.24, 2.45) is 5.84 Å². The lowest BCUT2D eigenvalue weighted by atomic mass is 10.4. The molecule has 4 N–H and O–H groups in total. The molecule has 0 aliphatic rings. The van der Waals surface area contributed by atoms with Crippen molar-refractivity contribution in [1.82, 2.24) is 0 Å². The molecule has 0 saturated heterocycles. The van der Waals surface area contributed by atoms with Crippen LogP contribution >= 0.6 is 15.9 Å². The van der Waals surface area contributed by atoms with Gasteiger partial charge in [0.1, 0.15) is 6.20 Å². The van der Waals surface area contributed by atoms with Crippen molar-refractivity contribution < 1.29 is 10.2 Å². The second-order valence-corrected chi connectivity index (χ2v) is 2.62. The highest BCUT2D eigenvalue weighted by Gasteiger charge is 1.89. The van der Waals surface area contributed by atoms with Crippen molar-refractivity contribution in [3.8, 4) is 0 Å². The summed E-state index contributed by atoms with van der Waals surface area (Å²) in [4.78, 5) is 0. The fraction of sp³-hybridized carbons (Fsp3) is 0.333. The molecule has 0 radical (unpaired) electrons. The number of allylic oxidation sites excluding steroid dienone is 3. The molecule has 0 amide bonds. The molecule has 10 heavy (non-hydrogen) atoms. The van der Waals surface area contributed by atoms with Gasteiger partial charge in [0.2, 0.25) is 0 Å². The molecule has 3 nitrogen and oxygen atoms in total. The van der Waals surface area contributed by atoms with Crippen molar-refractivity contribution in [2.75, 3.05) is 7.11 Å². The van der Waals surface area contributed by atoms with Crippen molar-refractivity contribution >= 4 is 15.9 Å². The quantitative estimate of drug-likeness (QED) is 0.301. The number of hydrogen-bond donors (Lipinski definition) is 2. The molecule has 0 aromatic rings. The van der Waals surface area contributed by atoms with Crippen LogP contribution in [-0.2, 0) is 4.74 Å². The van der Waals surface area contributed by atoms with E-state index in [4.69, 9.17) is 10.6 Å². The highest BCUT2D eigenvalue weighted by atomic mass is 79.9. The topological polar surface area (TPSA) is 51.9 Å². The highest BCUT2D eigenvalue weighted by Crippen LogP contribution is 2.07. The van der Waals surface area contributed by atoms with Gasteiger partial charge in [-0.25, -0.2) is 5.43 Å². The molecule has 0 spiro atoms. The van der Waals surface area contributed by atoms with Gasteiger partial charge in [0, 0.05) is 0 Å². The Morgan fingerprint density at radius 1 is 1.70 bits per heavy atom. The second kappa shape index (κ2) is 5.46. The maximum Gasteiger partial charge on any atom is 0.126 e. The SMILES string of the molecule is CO/C(C)=C/C(Br)=C\[NH2+]N. The first-order valence-electron chi connectivity index (χ1n) is 2.83. The largest absolute Gasteiger partial charge is 0.501 e. The Kier molecular flexibility index (Phi) is 5.29. The van der Waals surface area contributed by atoms with Crippen LogP contribution in [0.2, 0.25) is 0 Å². The summed E-state index contributed by atoms with van der Waals surface area (Å²) in [6.45, 7) is 1.87. The summed E-state index contributed by atoms with van der Waals surface area (Å²) in [7, 11) is 1.62. The zero-order valence-corrected chi connectivity index (χ0v) is 7.68. The maximum atomic E-state index is 5.15. The third kappa shape index (κ3) is 4.55. The lowest BCUT2D eigenvalue weighted by molar-refractivity contribution is -0.600. The summed E-state index contributed by atoms with van der Waals surface area (Å²) < 4.78 is 5.80. The van der Waals surface area contributed by atoms with E-state index in [1.165, 1.54) is 5.43 Å². The van der Waals surface area contributed by atoms with Gasteiger partial charge in [-0.2, -0.15) is 5.84 Å². The molecule has 0 atom stereocenters. The maximum absolute atomic E-state index is 5.15. The molecule has 0 aromatic heterocycles. The van der Waals surface area contributed by atoms with E-state index in [9.17, 15) is 0 Å². The van der Waals surface area contributed by atoms with Crippen molar-refractivity contribution in [2.45, 2.75) is 6.92 Å². The van der Waals surface area contributed by atoms with E-state index in [0.29, 0.717) is 0 Å². The van der Waals surface area contributed by atoms with Crippen LogP contribution in [0.5, 0.6) is 0 Å². The molecule has 0 saturated carbocycles. The van der Waals surface area contributed by atoms with E-state index in [-0.39, 0.29) is 0 Å². The molecule has 4 heteroatoms. The van der Waals surface area contributed by atoms with Crippen molar-refractivity contribution in [3.05, 3.63) is 22.5 Å². The third-order valence-electron chi connectivity index (χ3n) is 0.919. The molecule has 58 valence electrons. The smallest absolute Gasteiger partial charge is 0.126 e. The molecule has 0 bridgehead atoms. The number of nitrogens with two attached hydrogens (primary N) is 2. The minimum absolute atomic E-state index is 0.838. The van der Waals surface area contributed by atoms with Gasteiger partial charge < -0.3 is 4.74 Å². The summed E-state index contributed by atoms with van der Waals surface area (Å²) in [6, 6.07) is 0. The van der Waals surface area contributed by atoms with Gasteiger partial charge in [-0.05, 0) is 28.9 Å². The molecule has 0 aromatic carbocycles. The predicted molar refractivity (Wildman–Crippen MR) is 43.9 cm³/mol. The summed E-state index contributed by atoms with van der Waals surface area (Å²) in [5, 5.41) is 0. The molecular formula is C6H12BrN2O+. The van der Waals surface area contributed by atoms with Gasteiger partial charge in [0.25, 0.3) is 0 Å². The molecule has 0 fully saturated rings. The van der Waals surface area contributed by atoms with Gasteiger partial charge in [0.15, 0.2) is 0 Å². The number of halogens is 1. The van der Waals surface area contributed by atoms with E-state index in [0.717, 1.165) is 10.2 Å². The molecule has 0 heterocycles. The average Bonchev–Trinajstić information content (AvgIpc) is 1.88. The fourth-order valence-electron chi connectivity index (χ4n) is 0.393. The van der Waals surface area contributed by atoms with Gasteiger partial charge in [-0.3, -0.25) is 0 Å². The van der Waals surface area contributed by atoms with Crippen molar-refractivity contribution in [1.29, 1.82) is 0 Å². The summed E-state index contributed by atoms with van der Waals surface area (Å²) in [5.41, 5.74) is 1.46. The van der Waals surface area contributed by atoms with Crippen LogP contribution in [0.25, 0.3) is 0 Å². The zero-order valence-electron chi connectivity index (χ0n) is 6.10. The minimum Gasteiger partial charge on any atom is -0.501 e. The van der Waals surface area contributed by atoms with Gasteiger partial charge in [-0.15, -0.1) is 0 Å². The summed E-state index contributed by atoms with van der Waals surface area (Å²) in [6.07, 6.45) is 3.58. The normalized spacial score (nSPS) is 13.6. The Labute approximate surface area is 69.0 Å². The number of ether oxygens (including phenoxy) is 1. The molecule has 0 aliphatic carbocycles. The first-order valence-corrected chi connectivity index (χ1v) is 3.63. The average molecular weight is 208 g/mol. The monoisotopic (exact) mass is 207 g/mol. The van der Waals surface area contributed by atoms with Crippen LogP contribution in [0.4, 0.5) is 0 Å². The van der Waals surface area contributed by atoms with Crippen molar-refractivity contribution in [3.63, 3.8) is 0 Å². The van der Waals surface area contributed by atoms with Crippen LogP contribution in [0.15, 0.2) is 22.5 Å². The second-order valence-electron chi connectivity index (χ2n) is 1.70. The molecule has 0 unspecified atom stereocenters. The van der Waals surface area contributed by atoms with Crippen LogP contribution in [-0.4, -0.2) is 7.11 Å². The first-order chi connectivity index (χ1) is 4.70. The van der Waals surface area contributed by atoms with Gasteiger partial charge in [0.05, 0.1) is 17.4 Å². The van der Waals surface area contributed by atoms with Crippen LogP contribution in [0.3, 0.4) is 0 Å². The number of methoxy groups -OCH3 is 1. The van der Waals surface area contributed by atoms with E-state index in [2.05, 4.69) is 15.9 Å². The van der Waals surface area contributed by atoms with Gasteiger partial charge >= 0.3 is 0 Å². The first kappa shape index (κ1) is 9.68.